The second kappa shape index (κ2) is 8.25. The van der Waals surface area contributed by atoms with Gasteiger partial charge in [0.1, 0.15) is 0 Å². The van der Waals surface area contributed by atoms with Gasteiger partial charge >= 0.3 is 0 Å². The molecule has 4 nitrogen and oxygen atoms in total. The Kier molecular flexibility index (Phi) is 6.99. The van der Waals surface area contributed by atoms with Crippen LogP contribution in [0.3, 0.4) is 0 Å². The minimum atomic E-state index is 0.137. The Morgan fingerprint density at radius 2 is 2.00 bits per heavy atom. The molecular weight excluding hydrogens is 284 g/mol. The fraction of sp³-hybridized carbons (Fsp3) is 0.562. The van der Waals surface area contributed by atoms with Crippen LogP contribution in [0.4, 0.5) is 0 Å². The number of rotatable bonds is 5. The van der Waals surface area contributed by atoms with Gasteiger partial charge in [0, 0.05) is 44.3 Å². The molecule has 0 fully saturated rings. The largest absolute Gasteiger partial charge is 0.355 e. The molecule has 21 heavy (non-hydrogen) atoms. The number of guanidine groups is 1. The van der Waals surface area contributed by atoms with Crippen molar-refractivity contribution in [3.63, 3.8) is 0 Å². The predicted octanol–water partition coefficient (Wildman–Crippen LogP) is 2.74. The van der Waals surface area contributed by atoms with Crippen LogP contribution in [-0.4, -0.2) is 43.6 Å². The maximum atomic E-state index is 6.01. The van der Waals surface area contributed by atoms with Gasteiger partial charge in [-0.05, 0) is 38.5 Å². The van der Waals surface area contributed by atoms with Crippen molar-refractivity contribution in [2.24, 2.45) is 4.99 Å². The lowest BCUT2D eigenvalue weighted by Crippen LogP contribution is -2.44. The van der Waals surface area contributed by atoms with Crippen LogP contribution in [0.25, 0.3) is 0 Å². The van der Waals surface area contributed by atoms with E-state index in [2.05, 4.69) is 47.4 Å². The molecule has 118 valence electrons. The highest BCUT2D eigenvalue weighted by Gasteiger charge is 2.09. The molecule has 0 amide bonds. The zero-order valence-electron chi connectivity index (χ0n) is 13.7. The lowest BCUT2D eigenvalue weighted by atomic mass is 10.1. The van der Waals surface area contributed by atoms with Crippen molar-refractivity contribution in [3.05, 3.63) is 34.9 Å². The van der Waals surface area contributed by atoms with Crippen molar-refractivity contribution in [2.45, 2.75) is 32.9 Å². The quantitative estimate of drug-likeness (QED) is 0.499. The first kappa shape index (κ1) is 17.8. The van der Waals surface area contributed by atoms with Crippen LogP contribution in [0, 0.1) is 0 Å². The van der Waals surface area contributed by atoms with Crippen LogP contribution in [0.5, 0.6) is 0 Å². The molecule has 0 heterocycles. The Hall–Kier alpha value is -1.26. The molecule has 0 saturated heterocycles. The maximum Gasteiger partial charge on any atom is 0.193 e. The Morgan fingerprint density at radius 3 is 2.57 bits per heavy atom. The average molecular weight is 311 g/mol. The first-order valence-electron chi connectivity index (χ1n) is 7.23. The van der Waals surface area contributed by atoms with Crippen LogP contribution < -0.4 is 10.6 Å². The molecule has 2 N–H and O–H groups in total. The van der Waals surface area contributed by atoms with Gasteiger partial charge in [0.05, 0.1) is 0 Å². The minimum Gasteiger partial charge on any atom is -0.355 e. The summed E-state index contributed by atoms with van der Waals surface area (Å²) in [5, 5.41) is 7.56. The third-order valence-electron chi connectivity index (χ3n) is 2.95. The van der Waals surface area contributed by atoms with Crippen LogP contribution in [0.15, 0.2) is 29.3 Å². The van der Waals surface area contributed by atoms with Gasteiger partial charge in [-0.1, -0.05) is 23.7 Å². The van der Waals surface area contributed by atoms with Gasteiger partial charge in [-0.2, -0.15) is 0 Å². The van der Waals surface area contributed by atoms with E-state index in [1.165, 1.54) is 5.56 Å². The highest BCUT2D eigenvalue weighted by molar-refractivity contribution is 6.30. The highest BCUT2D eigenvalue weighted by Crippen LogP contribution is 2.12. The van der Waals surface area contributed by atoms with Crippen molar-refractivity contribution < 1.29 is 0 Å². The molecule has 0 aromatic heterocycles. The smallest absolute Gasteiger partial charge is 0.193 e. The Balaban J connectivity index is 2.45. The summed E-state index contributed by atoms with van der Waals surface area (Å²) in [4.78, 5) is 6.40. The molecule has 0 spiro atoms. The van der Waals surface area contributed by atoms with E-state index >= 15 is 0 Å². The summed E-state index contributed by atoms with van der Waals surface area (Å²) in [6, 6.07) is 7.90. The van der Waals surface area contributed by atoms with E-state index in [0.717, 1.165) is 30.6 Å². The number of benzene rings is 1. The molecule has 0 bridgehead atoms. The van der Waals surface area contributed by atoms with Crippen molar-refractivity contribution in [2.75, 3.05) is 27.2 Å². The number of halogens is 1. The van der Waals surface area contributed by atoms with Crippen molar-refractivity contribution in [1.29, 1.82) is 0 Å². The van der Waals surface area contributed by atoms with E-state index in [9.17, 15) is 0 Å². The lowest BCUT2D eigenvalue weighted by molar-refractivity contribution is 0.422. The third kappa shape index (κ3) is 7.34. The summed E-state index contributed by atoms with van der Waals surface area (Å²) >= 11 is 6.01. The number of nitrogens with one attached hydrogen (secondary N) is 2. The first-order chi connectivity index (χ1) is 9.81. The van der Waals surface area contributed by atoms with E-state index < -0.39 is 0 Å². The molecule has 1 rings (SSSR count). The summed E-state index contributed by atoms with van der Waals surface area (Å²) in [7, 11) is 3.82. The monoisotopic (exact) mass is 310 g/mol. The summed E-state index contributed by atoms with van der Waals surface area (Å²) < 4.78 is 0. The van der Waals surface area contributed by atoms with E-state index in [1.807, 2.05) is 25.2 Å². The molecule has 0 atom stereocenters. The Morgan fingerprint density at radius 1 is 1.29 bits per heavy atom. The van der Waals surface area contributed by atoms with Crippen molar-refractivity contribution >= 4 is 17.6 Å². The van der Waals surface area contributed by atoms with E-state index in [-0.39, 0.29) is 5.54 Å². The van der Waals surface area contributed by atoms with Gasteiger partial charge in [0.15, 0.2) is 5.96 Å². The fourth-order valence-electron chi connectivity index (χ4n) is 1.98. The average Bonchev–Trinajstić information content (AvgIpc) is 2.37. The number of hydrogen-bond acceptors (Lipinski definition) is 2. The molecule has 1 aromatic carbocycles. The van der Waals surface area contributed by atoms with Crippen molar-refractivity contribution in [1.82, 2.24) is 15.5 Å². The van der Waals surface area contributed by atoms with Gasteiger partial charge in [0.2, 0.25) is 0 Å². The molecular formula is C16H27ClN4. The Bertz CT molecular complexity index is 466. The van der Waals surface area contributed by atoms with Crippen molar-refractivity contribution in [3.8, 4) is 0 Å². The van der Waals surface area contributed by atoms with Crippen LogP contribution >= 0.6 is 11.6 Å². The predicted molar refractivity (Wildman–Crippen MR) is 92.0 cm³/mol. The Labute approximate surface area is 133 Å². The van der Waals surface area contributed by atoms with E-state index in [4.69, 9.17) is 11.6 Å². The first-order valence-corrected chi connectivity index (χ1v) is 7.61. The van der Waals surface area contributed by atoms with Crippen LogP contribution in [0.2, 0.25) is 5.02 Å². The van der Waals surface area contributed by atoms with E-state index in [1.54, 1.807) is 7.05 Å². The number of hydrogen-bond donors (Lipinski definition) is 2. The molecule has 0 radical (unpaired) electrons. The summed E-state index contributed by atoms with van der Waals surface area (Å²) in [6.45, 7) is 8.98. The second-order valence-electron chi connectivity index (χ2n) is 6.14. The van der Waals surface area contributed by atoms with E-state index in [0.29, 0.717) is 0 Å². The molecule has 1 aromatic rings. The number of nitrogens with zero attached hydrogens (tertiary/aromatic N) is 2. The summed E-state index contributed by atoms with van der Waals surface area (Å²) in [5.74, 6) is 0.880. The molecule has 0 aliphatic carbocycles. The van der Waals surface area contributed by atoms with Crippen LogP contribution in [0.1, 0.15) is 26.3 Å². The van der Waals surface area contributed by atoms with Gasteiger partial charge in [-0.3, -0.25) is 4.99 Å². The molecule has 0 unspecified atom stereocenters. The SMILES string of the molecule is CN=C(NCCNC(C)(C)C)N(C)Cc1cccc(Cl)c1. The normalized spacial score (nSPS) is 12.4. The zero-order chi connectivity index (χ0) is 15.9. The zero-order valence-corrected chi connectivity index (χ0v) is 14.5. The molecule has 0 aliphatic heterocycles. The van der Waals surface area contributed by atoms with Gasteiger partial charge in [0.25, 0.3) is 0 Å². The second-order valence-corrected chi connectivity index (χ2v) is 6.57. The summed E-state index contributed by atoms with van der Waals surface area (Å²) in [6.07, 6.45) is 0. The molecule has 0 saturated carbocycles. The lowest BCUT2D eigenvalue weighted by Gasteiger charge is -2.24. The highest BCUT2D eigenvalue weighted by atomic mass is 35.5. The topological polar surface area (TPSA) is 39.7 Å². The minimum absolute atomic E-state index is 0.137. The van der Waals surface area contributed by atoms with Gasteiger partial charge in [-0.15, -0.1) is 0 Å². The third-order valence-corrected chi connectivity index (χ3v) is 3.18. The number of aliphatic imine (C=N–C) groups is 1. The van der Waals surface area contributed by atoms with Gasteiger partial charge < -0.3 is 15.5 Å². The maximum absolute atomic E-state index is 6.01. The standard InChI is InChI=1S/C16H27ClN4/c1-16(2,3)20-10-9-19-15(18-4)21(5)12-13-7-6-8-14(17)11-13/h6-8,11,20H,9-10,12H2,1-5H3,(H,18,19). The summed E-state index contributed by atoms with van der Waals surface area (Å²) in [5.41, 5.74) is 1.30. The molecule has 5 heteroatoms. The molecule has 0 aliphatic rings. The van der Waals surface area contributed by atoms with Gasteiger partial charge in [-0.25, -0.2) is 0 Å². The fourth-order valence-corrected chi connectivity index (χ4v) is 2.19. The van der Waals surface area contributed by atoms with Crippen LogP contribution in [-0.2, 0) is 6.54 Å².